The lowest BCUT2D eigenvalue weighted by Crippen LogP contribution is -2.55. The zero-order valence-corrected chi connectivity index (χ0v) is 35.1. The molecule has 0 unspecified atom stereocenters. The van der Waals surface area contributed by atoms with E-state index in [0.717, 1.165) is 27.3 Å². The molecule has 4 aromatic rings. The average Bonchev–Trinajstić information content (AvgIpc) is 3.17. The molecular formula is C42H50Cl2N6O6S. The Balaban J connectivity index is 1.51. The van der Waals surface area contributed by atoms with Gasteiger partial charge in [-0.15, -0.1) is 0 Å². The van der Waals surface area contributed by atoms with Crippen LogP contribution in [0.5, 0.6) is 0 Å². The highest BCUT2D eigenvalue weighted by Gasteiger charge is 2.27. The Kier molecular flexibility index (Phi) is 16.1. The summed E-state index contributed by atoms with van der Waals surface area (Å²) in [6.07, 6.45) is 1.40. The van der Waals surface area contributed by atoms with E-state index in [1.807, 2.05) is 62.4 Å². The van der Waals surface area contributed by atoms with E-state index in [1.54, 1.807) is 44.2 Å². The van der Waals surface area contributed by atoms with E-state index in [4.69, 9.17) is 23.2 Å². The molecule has 0 spiro atoms. The standard InChI is InChI=1S/C42H50Cl2N6O6S/c1-26(2)38(42(54)46-24-30-15-17-34(43)18-16-30)49-39(51)28(4)45-25-36(19-29-11-8-7-9-12-29)48-41(53)33-20-32(22-37(23-33)50(5)57(6,55)56)40(52)47-27(3)31-13-10-14-35(44)21-31/h7-18,20-23,26-28,36,38,45H,19,24-25H2,1-6H3,(H,46,54)(H,47,52)(H,48,53)(H,49,51)/t27-,28+,36+,38+/m1/s1. The smallest absolute Gasteiger partial charge is 0.251 e. The van der Waals surface area contributed by atoms with Gasteiger partial charge in [-0.2, -0.15) is 0 Å². The summed E-state index contributed by atoms with van der Waals surface area (Å²) >= 11 is 12.1. The molecule has 0 aliphatic rings. The highest BCUT2D eigenvalue weighted by Crippen LogP contribution is 2.23. The molecule has 0 aliphatic carbocycles. The predicted molar refractivity (Wildman–Crippen MR) is 226 cm³/mol. The van der Waals surface area contributed by atoms with Crippen molar-refractivity contribution >= 4 is 62.5 Å². The molecule has 0 heterocycles. The van der Waals surface area contributed by atoms with Crippen LogP contribution in [0.4, 0.5) is 5.69 Å². The molecule has 12 nitrogen and oxygen atoms in total. The van der Waals surface area contributed by atoms with Crippen LogP contribution in [0.2, 0.25) is 10.0 Å². The van der Waals surface area contributed by atoms with Crippen LogP contribution in [0.25, 0.3) is 0 Å². The number of nitrogens with one attached hydrogen (secondary N) is 5. The number of nitrogens with zero attached hydrogens (tertiary/aromatic N) is 1. The molecule has 4 rings (SSSR count). The molecule has 0 bridgehead atoms. The van der Waals surface area contributed by atoms with Crippen molar-refractivity contribution in [2.45, 2.75) is 64.8 Å². The van der Waals surface area contributed by atoms with Gasteiger partial charge < -0.3 is 26.6 Å². The first kappa shape index (κ1) is 44.8. The van der Waals surface area contributed by atoms with E-state index >= 15 is 0 Å². The quantitative estimate of drug-likeness (QED) is 0.0864. The third-order valence-electron chi connectivity index (χ3n) is 9.35. The summed E-state index contributed by atoms with van der Waals surface area (Å²) in [5.74, 6) is -2.03. The maximum Gasteiger partial charge on any atom is 0.251 e. The zero-order valence-electron chi connectivity index (χ0n) is 32.8. The number of benzene rings is 4. The van der Waals surface area contributed by atoms with Gasteiger partial charge in [-0.25, -0.2) is 8.42 Å². The van der Waals surface area contributed by atoms with Crippen molar-refractivity contribution in [3.05, 3.63) is 135 Å². The highest BCUT2D eigenvalue weighted by molar-refractivity contribution is 7.92. The summed E-state index contributed by atoms with van der Waals surface area (Å²) in [5, 5.41) is 15.9. The fourth-order valence-electron chi connectivity index (χ4n) is 5.85. The number of hydrogen-bond acceptors (Lipinski definition) is 7. The summed E-state index contributed by atoms with van der Waals surface area (Å²) in [4.78, 5) is 54.1. The van der Waals surface area contributed by atoms with Gasteiger partial charge >= 0.3 is 0 Å². The fourth-order valence-corrected chi connectivity index (χ4v) is 6.67. The maximum absolute atomic E-state index is 14.0. The zero-order chi connectivity index (χ0) is 41.9. The Morgan fingerprint density at radius 2 is 1.33 bits per heavy atom. The number of carbonyl (C=O) groups excluding carboxylic acids is 4. The van der Waals surface area contributed by atoms with Gasteiger partial charge in [-0.05, 0) is 85.3 Å². The van der Waals surface area contributed by atoms with Crippen LogP contribution in [0, 0.1) is 5.92 Å². The number of halogens is 2. The number of carbonyl (C=O) groups is 4. The maximum atomic E-state index is 14.0. The van der Waals surface area contributed by atoms with Crippen LogP contribution >= 0.6 is 23.2 Å². The molecule has 4 aromatic carbocycles. The van der Waals surface area contributed by atoms with Crippen molar-refractivity contribution in [3.8, 4) is 0 Å². The molecule has 0 aromatic heterocycles. The number of anilines is 1. The molecule has 4 atom stereocenters. The number of amides is 4. The van der Waals surface area contributed by atoms with Crippen LogP contribution in [0.3, 0.4) is 0 Å². The summed E-state index contributed by atoms with van der Waals surface area (Å²) < 4.78 is 26.1. The third kappa shape index (κ3) is 13.6. The number of sulfonamides is 1. The molecular weight excluding hydrogens is 787 g/mol. The summed E-state index contributed by atoms with van der Waals surface area (Å²) in [6, 6.07) is 25.2. The van der Waals surface area contributed by atoms with Gasteiger partial charge in [0, 0.05) is 47.4 Å². The van der Waals surface area contributed by atoms with Crippen molar-refractivity contribution in [2.24, 2.45) is 5.92 Å². The molecule has 5 N–H and O–H groups in total. The second-order valence-electron chi connectivity index (χ2n) is 14.3. The van der Waals surface area contributed by atoms with Gasteiger partial charge in [0.15, 0.2) is 0 Å². The molecule has 0 saturated carbocycles. The van der Waals surface area contributed by atoms with Crippen LogP contribution in [-0.2, 0) is 32.6 Å². The Bertz CT molecular complexity index is 2140. The SMILES string of the molecule is CC(C)[C@H](NC(=O)[C@H](C)NC[C@H](Cc1ccccc1)NC(=O)c1cc(C(=O)N[C@H](C)c2cccc(Cl)c2)cc(N(C)S(C)(=O)=O)c1)C(=O)NCc1ccc(Cl)cc1. The second-order valence-corrected chi connectivity index (χ2v) is 17.2. The fraction of sp³-hybridized carbons (Fsp3) is 0.333. The van der Waals surface area contributed by atoms with Gasteiger partial charge in [0.05, 0.1) is 24.0 Å². The van der Waals surface area contributed by atoms with Gasteiger partial charge in [-0.1, -0.05) is 91.6 Å². The largest absolute Gasteiger partial charge is 0.350 e. The first-order chi connectivity index (χ1) is 26.9. The Labute approximate surface area is 345 Å². The third-order valence-corrected chi connectivity index (χ3v) is 11.0. The summed E-state index contributed by atoms with van der Waals surface area (Å²) in [6.45, 7) is 7.55. The lowest BCUT2D eigenvalue weighted by molar-refractivity contribution is -0.131. The number of hydrogen-bond donors (Lipinski definition) is 5. The first-order valence-corrected chi connectivity index (χ1v) is 21.1. The topological polar surface area (TPSA) is 166 Å². The lowest BCUT2D eigenvalue weighted by Gasteiger charge is -2.26. The highest BCUT2D eigenvalue weighted by atomic mass is 35.5. The van der Waals surface area contributed by atoms with E-state index in [0.29, 0.717) is 16.5 Å². The molecule has 0 fully saturated rings. The van der Waals surface area contributed by atoms with E-state index in [9.17, 15) is 27.6 Å². The lowest BCUT2D eigenvalue weighted by atomic mass is 10.0. The Hall–Kier alpha value is -4.95. The van der Waals surface area contributed by atoms with Crippen LogP contribution in [0.15, 0.2) is 97.1 Å². The minimum Gasteiger partial charge on any atom is -0.350 e. The van der Waals surface area contributed by atoms with Gasteiger partial charge in [-0.3, -0.25) is 23.5 Å². The molecule has 4 amide bonds. The van der Waals surface area contributed by atoms with Crippen LogP contribution in [0.1, 0.15) is 71.1 Å². The van der Waals surface area contributed by atoms with Gasteiger partial charge in [0.1, 0.15) is 6.04 Å². The van der Waals surface area contributed by atoms with E-state index < -0.39 is 51.9 Å². The summed E-state index contributed by atoms with van der Waals surface area (Å²) in [7, 11) is -2.42. The van der Waals surface area contributed by atoms with E-state index in [1.165, 1.54) is 25.2 Å². The van der Waals surface area contributed by atoms with E-state index in [2.05, 4.69) is 26.6 Å². The molecule has 57 heavy (non-hydrogen) atoms. The van der Waals surface area contributed by atoms with Crippen LogP contribution < -0.4 is 30.9 Å². The van der Waals surface area contributed by atoms with Crippen molar-refractivity contribution < 1.29 is 27.6 Å². The van der Waals surface area contributed by atoms with Crippen LogP contribution in [-0.4, -0.2) is 70.0 Å². The molecule has 0 radical (unpaired) electrons. The normalized spacial score (nSPS) is 13.5. The van der Waals surface area contributed by atoms with Gasteiger partial charge in [0.25, 0.3) is 11.8 Å². The molecule has 0 aliphatic heterocycles. The average molecular weight is 838 g/mol. The molecule has 15 heteroatoms. The first-order valence-electron chi connectivity index (χ1n) is 18.5. The van der Waals surface area contributed by atoms with Crippen molar-refractivity contribution in [3.63, 3.8) is 0 Å². The summed E-state index contributed by atoms with van der Waals surface area (Å²) in [5.41, 5.74) is 2.78. The van der Waals surface area contributed by atoms with Crippen molar-refractivity contribution in [1.29, 1.82) is 0 Å². The number of rotatable bonds is 18. The monoisotopic (exact) mass is 836 g/mol. The minimum absolute atomic E-state index is 0.0526. The second kappa shape index (κ2) is 20.5. The minimum atomic E-state index is -3.76. The molecule has 304 valence electrons. The Morgan fingerprint density at radius 1 is 0.702 bits per heavy atom. The molecule has 0 saturated heterocycles. The predicted octanol–water partition coefficient (Wildman–Crippen LogP) is 5.66. The van der Waals surface area contributed by atoms with Crippen molar-refractivity contribution in [1.82, 2.24) is 26.6 Å². The van der Waals surface area contributed by atoms with Gasteiger partial charge in [0.2, 0.25) is 21.8 Å². The van der Waals surface area contributed by atoms with Crippen molar-refractivity contribution in [2.75, 3.05) is 24.2 Å². The Morgan fingerprint density at radius 3 is 1.93 bits per heavy atom. The van der Waals surface area contributed by atoms with E-state index in [-0.39, 0.29) is 41.7 Å².